The smallest absolute Gasteiger partial charge is 0.231 e. The first-order valence-corrected chi connectivity index (χ1v) is 7.36. The Labute approximate surface area is 135 Å². The monoisotopic (exact) mass is 364 g/mol. The number of nitrogens with one attached hydrogen (secondary N) is 1. The first kappa shape index (κ1) is 14.1. The van der Waals surface area contributed by atoms with E-state index in [9.17, 15) is 0 Å². The number of anilines is 1. The van der Waals surface area contributed by atoms with Gasteiger partial charge in [0.2, 0.25) is 6.79 Å². The zero-order valence-corrected chi connectivity index (χ0v) is 13.2. The minimum Gasteiger partial charge on any atom is -0.454 e. The average molecular weight is 366 g/mol. The fourth-order valence-electron chi connectivity index (χ4n) is 2.05. The number of nitriles is 1. The molecule has 106 valence electrons. The van der Waals surface area contributed by atoms with E-state index in [1.54, 1.807) is 18.2 Å². The summed E-state index contributed by atoms with van der Waals surface area (Å²) in [5.41, 5.74) is 2.26. The van der Waals surface area contributed by atoms with Gasteiger partial charge in [-0.25, -0.2) is 0 Å². The Morgan fingerprint density at radius 1 is 1.24 bits per heavy atom. The van der Waals surface area contributed by atoms with Crippen molar-refractivity contribution in [2.24, 2.45) is 0 Å². The summed E-state index contributed by atoms with van der Waals surface area (Å²) >= 11 is 9.48. The summed E-state index contributed by atoms with van der Waals surface area (Å²) in [7, 11) is 0. The van der Waals surface area contributed by atoms with Crippen LogP contribution in [0.25, 0.3) is 0 Å². The molecule has 6 heteroatoms. The number of nitrogens with zero attached hydrogens (tertiary/aromatic N) is 1. The van der Waals surface area contributed by atoms with Gasteiger partial charge in [0.05, 0.1) is 11.3 Å². The molecule has 3 rings (SSSR count). The SMILES string of the molecule is N#Cc1ccc(Cl)cc1NCc1cc2c(cc1Br)OCO2. The van der Waals surface area contributed by atoms with E-state index >= 15 is 0 Å². The average Bonchev–Trinajstić information content (AvgIpc) is 2.92. The van der Waals surface area contributed by atoms with Gasteiger partial charge in [0.15, 0.2) is 11.5 Å². The van der Waals surface area contributed by atoms with Crippen LogP contribution in [0.3, 0.4) is 0 Å². The lowest BCUT2D eigenvalue weighted by molar-refractivity contribution is 0.174. The highest BCUT2D eigenvalue weighted by molar-refractivity contribution is 9.10. The highest BCUT2D eigenvalue weighted by atomic mass is 79.9. The minimum absolute atomic E-state index is 0.242. The van der Waals surface area contributed by atoms with Crippen molar-refractivity contribution in [2.75, 3.05) is 12.1 Å². The fourth-order valence-corrected chi connectivity index (χ4v) is 2.68. The summed E-state index contributed by atoms with van der Waals surface area (Å²) in [4.78, 5) is 0. The standard InChI is InChI=1S/C15H10BrClN2O2/c16-12-5-15-14(20-8-21-15)3-10(12)7-19-13-4-11(17)2-1-9(13)6-18/h1-5,19H,7-8H2. The molecule has 1 aliphatic heterocycles. The largest absolute Gasteiger partial charge is 0.454 e. The van der Waals surface area contributed by atoms with Gasteiger partial charge >= 0.3 is 0 Å². The van der Waals surface area contributed by atoms with Crippen LogP contribution in [-0.4, -0.2) is 6.79 Å². The predicted molar refractivity (Wildman–Crippen MR) is 83.8 cm³/mol. The Balaban J connectivity index is 1.83. The number of rotatable bonds is 3. The molecule has 0 aromatic heterocycles. The summed E-state index contributed by atoms with van der Waals surface area (Å²) in [5, 5.41) is 12.9. The molecule has 0 spiro atoms. The van der Waals surface area contributed by atoms with Crippen LogP contribution in [0.5, 0.6) is 11.5 Å². The van der Waals surface area contributed by atoms with Gasteiger partial charge in [-0.2, -0.15) is 5.26 Å². The van der Waals surface area contributed by atoms with Gasteiger partial charge in [-0.15, -0.1) is 0 Å². The van der Waals surface area contributed by atoms with Crippen LogP contribution in [0.4, 0.5) is 5.69 Å². The van der Waals surface area contributed by atoms with Crippen molar-refractivity contribution in [3.8, 4) is 17.6 Å². The summed E-state index contributed by atoms with van der Waals surface area (Å²) in [6, 6.07) is 11.1. The van der Waals surface area contributed by atoms with Crippen LogP contribution < -0.4 is 14.8 Å². The molecule has 0 amide bonds. The lowest BCUT2D eigenvalue weighted by atomic mass is 10.1. The van der Waals surface area contributed by atoms with Crippen LogP contribution in [0, 0.1) is 11.3 Å². The highest BCUT2D eigenvalue weighted by Gasteiger charge is 2.16. The van der Waals surface area contributed by atoms with Gasteiger partial charge < -0.3 is 14.8 Å². The van der Waals surface area contributed by atoms with E-state index in [0.29, 0.717) is 22.8 Å². The van der Waals surface area contributed by atoms with E-state index in [1.807, 2.05) is 12.1 Å². The number of hydrogen-bond donors (Lipinski definition) is 1. The molecule has 0 saturated carbocycles. The maximum Gasteiger partial charge on any atom is 0.231 e. The van der Waals surface area contributed by atoms with E-state index in [2.05, 4.69) is 27.3 Å². The Bertz CT molecular complexity index is 743. The lowest BCUT2D eigenvalue weighted by Crippen LogP contribution is -2.02. The molecule has 1 heterocycles. The van der Waals surface area contributed by atoms with E-state index in [4.69, 9.17) is 26.3 Å². The molecule has 4 nitrogen and oxygen atoms in total. The van der Waals surface area contributed by atoms with Crippen molar-refractivity contribution >= 4 is 33.2 Å². The summed E-state index contributed by atoms with van der Waals surface area (Å²) in [6.45, 7) is 0.776. The van der Waals surface area contributed by atoms with Crippen molar-refractivity contribution < 1.29 is 9.47 Å². The number of benzene rings is 2. The number of halogens is 2. The second-order valence-corrected chi connectivity index (χ2v) is 5.74. The lowest BCUT2D eigenvalue weighted by Gasteiger charge is -2.11. The quantitative estimate of drug-likeness (QED) is 0.880. The Hall–Kier alpha value is -1.90. The van der Waals surface area contributed by atoms with Crippen molar-refractivity contribution in [3.05, 3.63) is 51.0 Å². The molecular formula is C15H10BrClN2O2. The maximum atomic E-state index is 9.11. The topological polar surface area (TPSA) is 54.3 Å². The summed E-state index contributed by atoms with van der Waals surface area (Å²) in [5.74, 6) is 1.45. The van der Waals surface area contributed by atoms with Crippen molar-refractivity contribution in [2.45, 2.75) is 6.54 Å². The maximum absolute atomic E-state index is 9.11. The molecule has 0 unspecified atom stereocenters. The van der Waals surface area contributed by atoms with Crippen LogP contribution in [0.15, 0.2) is 34.8 Å². The molecule has 0 fully saturated rings. The molecule has 0 bridgehead atoms. The van der Waals surface area contributed by atoms with Gasteiger partial charge in [0, 0.05) is 16.0 Å². The van der Waals surface area contributed by atoms with E-state index in [-0.39, 0.29) is 6.79 Å². The molecule has 1 N–H and O–H groups in total. The molecule has 21 heavy (non-hydrogen) atoms. The third-order valence-corrected chi connectivity index (χ3v) is 4.09. The molecule has 0 aliphatic carbocycles. The van der Waals surface area contributed by atoms with Gasteiger partial charge in [0.1, 0.15) is 6.07 Å². The van der Waals surface area contributed by atoms with E-state index in [0.717, 1.165) is 21.5 Å². The predicted octanol–water partition coefficient (Wildman–Crippen LogP) is 4.31. The molecule has 0 saturated heterocycles. The Kier molecular flexibility index (Phi) is 3.91. The first-order chi connectivity index (χ1) is 10.2. The number of hydrogen-bond acceptors (Lipinski definition) is 4. The van der Waals surface area contributed by atoms with Gasteiger partial charge in [-0.1, -0.05) is 27.5 Å². The zero-order chi connectivity index (χ0) is 14.8. The van der Waals surface area contributed by atoms with Gasteiger partial charge in [0.25, 0.3) is 0 Å². The summed E-state index contributed by atoms with van der Waals surface area (Å²) in [6.07, 6.45) is 0. The summed E-state index contributed by atoms with van der Waals surface area (Å²) < 4.78 is 11.6. The normalized spacial score (nSPS) is 12.0. The Morgan fingerprint density at radius 2 is 2.00 bits per heavy atom. The third-order valence-electron chi connectivity index (χ3n) is 3.11. The first-order valence-electron chi connectivity index (χ1n) is 6.19. The van der Waals surface area contributed by atoms with E-state index in [1.165, 1.54) is 0 Å². The fraction of sp³-hybridized carbons (Fsp3) is 0.133. The van der Waals surface area contributed by atoms with Crippen molar-refractivity contribution in [1.29, 1.82) is 5.26 Å². The minimum atomic E-state index is 0.242. The highest BCUT2D eigenvalue weighted by Crippen LogP contribution is 2.37. The second-order valence-electron chi connectivity index (χ2n) is 4.45. The number of ether oxygens (including phenoxy) is 2. The van der Waals surface area contributed by atoms with Gasteiger partial charge in [-0.05, 0) is 35.9 Å². The molecule has 0 atom stereocenters. The van der Waals surface area contributed by atoms with Crippen molar-refractivity contribution in [1.82, 2.24) is 0 Å². The second kappa shape index (κ2) is 5.84. The van der Waals surface area contributed by atoms with E-state index < -0.39 is 0 Å². The molecule has 2 aromatic carbocycles. The van der Waals surface area contributed by atoms with Crippen LogP contribution in [0.2, 0.25) is 5.02 Å². The molecule has 1 aliphatic rings. The molecule has 0 radical (unpaired) electrons. The Morgan fingerprint density at radius 3 is 2.76 bits per heavy atom. The zero-order valence-electron chi connectivity index (χ0n) is 10.8. The molecule has 2 aromatic rings. The van der Waals surface area contributed by atoms with Crippen LogP contribution >= 0.6 is 27.5 Å². The van der Waals surface area contributed by atoms with Crippen molar-refractivity contribution in [3.63, 3.8) is 0 Å². The number of fused-ring (bicyclic) bond motifs is 1. The third kappa shape index (κ3) is 2.92. The van der Waals surface area contributed by atoms with Crippen LogP contribution in [0.1, 0.15) is 11.1 Å². The molecular weight excluding hydrogens is 356 g/mol. The van der Waals surface area contributed by atoms with Crippen LogP contribution in [-0.2, 0) is 6.54 Å². The van der Waals surface area contributed by atoms with Gasteiger partial charge in [-0.3, -0.25) is 0 Å².